The molecule has 2 aliphatic rings. The Labute approximate surface area is 191 Å². The standard InChI is InChI=1S/C24H18N2O8/c25-18(24(32)33)10-21(29)26-11-1-4-14(17(7-11)23(30)31)22-15-5-2-12(27)8-19(15)34-20-9-13(28)3-6-16(20)22/h1-9,18,27H,10,25H2,(H,26,29)(H,30,31)(H,32,33)/p+1. The molecule has 0 bridgehead atoms. The normalized spacial score (nSPS) is 12.7. The van der Waals surface area contributed by atoms with Crippen LogP contribution in [0.4, 0.5) is 5.69 Å². The van der Waals surface area contributed by atoms with Gasteiger partial charge in [-0.3, -0.25) is 9.59 Å². The Kier molecular flexibility index (Phi) is 5.74. The molecule has 10 heteroatoms. The van der Waals surface area contributed by atoms with E-state index in [2.05, 4.69) is 4.99 Å². The lowest BCUT2D eigenvalue weighted by molar-refractivity contribution is -0.367. The van der Waals surface area contributed by atoms with Gasteiger partial charge in [0.05, 0.1) is 12.0 Å². The van der Waals surface area contributed by atoms with Crippen LogP contribution in [0.3, 0.4) is 0 Å². The van der Waals surface area contributed by atoms with Gasteiger partial charge < -0.3 is 30.6 Å². The summed E-state index contributed by atoms with van der Waals surface area (Å²) in [6, 6.07) is 11.5. The Morgan fingerprint density at radius 1 is 0.971 bits per heavy atom. The van der Waals surface area contributed by atoms with Crippen molar-refractivity contribution >= 4 is 34.5 Å². The van der Waals surface area contributed by atoms with Crippen molar-refractivity contribution in [1.82, 2.24) is 0 Å². The molecule has 1 atom stereocenters. The fourth-order valence-electron chi connectivity index (χ4n) is 3.68. The first-order valence-corrected chi connectivity index (χ1v) is 10.0. The number of aliphatic carboxylic acids is 1. The highest BCUT2D eigenvalue weighted by Gasteiger charge is 2.24. The number of aromatic carboxylic acids is 1. The molecular formula is C24H19N2O8+. The Bertz CT molecular complexity index is 1500. The van der Waals surface area contributed by atoms with Gasteiger partial charge in [0.2, 0.25) is 5.69 Å². The van der Waals surface area contributed by atoms with Crippen molar-refractivity contribution in [3.63, 3.8) is 0 Å². The van der Waals surface area contributed by atoms with Crippen LogP contribution < -0.4 is 16.2 Å². The van der Waals surface area contributed by atoms with Crippen LogP contribution in [-0.2, 0) is 4.79 Å². The number of nitrogens with one attached hydrogen (secondary N) is 1. The Morgan fingerprint density at radius 2 is 1.71 bits per heavy atom. The lowest BCUT2D eigenvalue weighted by Crippen LogP contribution is -2.67. The van der Waals surface area contributed by atoms with Gasteiger partial charge in [-0.15, -0.1) is 0 Å². The average Bonchev–Trinajstić information content (AvgIpc) is 2.77. The first kappa shape index (κ1) is 22.5. The fraction of sp³-hybridized carbons (Fsp3) is 0.0833. The Morgan fingerprint density at radius 3 is 2.41 bits per heavy atom. The van der Waals surface area contributed by atoms with E-state index in [1.165, 1.54) is 48.5 Å². The number of carbonyl (C=O) groups is 2. The topological polar surface area (TPSA) is 185 Å². The molecule has 1 heterocycles. The summed E-state index contributed by atoms with van der Waals surface area (Å²) in [5.74, 6) is -2.85. The summed E-state index contributed by atoms with van der Waals surface area (Å²) >= 11 is 0. The molecule has 1 aliphatic carbocycles. The molecule has 0 fully saturated rings. The van der Waals surface area contributed by atoms with Crippen molar-refractivity contribution in [1.29, 1.82) is 0 Å². The third kappa shape index (κ3) is 4.30. The highest BCUT2D eigenvalue weighted by atomic mass is 16.4. The number of nitrogens with two attached hydrogens (primary N) is 1. The van der Waals surface area contributed by atoms with Crippen LogP contribution in [0.2, 0.25) is 0 Å². The van der Waals surface area contributed by atoms with Gasteiger partial charge in [0.15, 0.2) is 5.43 Å². The quantitative estimate of drug-likeness (QED) is 0.140. The molecule has 34 heavy (non-hydrogen) atoms. The second-order valence-corrected chi connectivity index (χ2v) is 7.60. The molecule has 4 rings (SSSR count). The van der Waals surface area contributed by atoms with Gasteiger partial charge in [0, 0.05) is 40.8 Å². The summed E-state index contributed by atoms with van der Waals surface area (Å²) in [5.41, 5.74) is 6.69. The summed E-state index contributed by atoms with van der Waals surface area (Å²) in [7, 11) is 0. The van der Waals surface area contributed by atoms with Crippen LogP contribution in [0.25, 0.3) is 33.4 Å². The number of benzene rings is 3. The van der Waals surface area contributed by atoms with Gasteiger partial charge >= 0.3 is 17.8 Å². The predicted molar refractivity (Wildman–Crippen MR) is 122 cm³/mol. The molecule has 0 amide bonds. The van der Waals surface area contributed by atoms with Crippen LogP contribution in [0.15, 0.2) is 63.8 Å². The van der Waals surface area contributed by atoms with Crippen LogP contribution >= 0.6 is 0 Å². The van der Waals surface area contributed by atoms with E-state index in [-0.39, 0.29) is 40.2 Å². The number of aromatic hydroxyl groups is 1. The average molecular weight is 463 g/mol. The molecule has 2 aromatic rings. The molecular weight excluding hydrogens is 444 g/mol. The van der Waals surface area contributed by atoms with Gasteiger partial charge in [-0.25, -0.2) is 4.79 Å². The summed E-state index contributed by atoms with van der Waals surface area (Å²) in [6.45, 7) is 0. The van der Waals surface area contributed by atoms with Crippen molar-refractivity contribution in [2.75, 3.05) is 0 Å². The Hall–Kier alpha value is -4.70. The van der Waals surface area contributed by atoms with Gasteiger partial charge in [-0.2, -0.15) is 4.99 Å². The highest BCUT2D eigenvalue weighted by molar-refractivity contribution is 6.07. The summed E-state index contributed by atoms with van der Waals surface area (Å²) in [6.07, 6.45) is -0.379. The molecule has 7 N–H and O–H groups in total. The van der Waals surface area contributed by atoms with Crippen molar-refractivity contribution in [3.05, 3.63) is 70.4 Å². The minimum Gasteiger partial charge on any atom is -0.508 e. The number of fused-ring (bicyclic) bond motifs is 2. The van der Waals surface area contributed by atoms with E-state index < -0.39 is 23.9 Å². The third-order valence-electron chi connectivity index (χ3n) is 5.22. The van der Waals surface area contributed by atoms with Crippen molar-refractivity contribution in [3.8, 4) is 28.2 Å². The van der Waals surface area contributed by atoms with Crippen molar-refractivity contribution in [2.45, 2.75) is 12.5 Å². The Balaban J connectivity index is 1.94. The van der Waals surface area contributed by atoms with Crippen molar-refractivity contribution in [2.24, 2.45) is 5.73 Å². The van der Waals surface area contributed by atoms with E-state index in [0.29, 0.717) is 22.1 Å². The molecule has 0 aromatic heterocycles. The molecule has 1 aliphatic heterocycles. The maximum Gasteiger partial charge on any atom is 0.340 e. The molecule has 2 aromatic carbocycles. The number of aliphatic hydroxyl groups is 1. The number of carboxylic acid groups (broad SMARTS) is 2. The number of aliphatic hydroxyl groups excluding tert-OH is 1. The summed E-state index contributed by atoms with van der Waals surface area (Å²) in [5, 5.41) is 39.2. The SMILES string of the molecule is NC(CC(O)=[NH+]c1ccc(-c2c3ccc(=O)cc-3oc3cc(O)ccc23)c(C(=O)O)c1)C(=O)O. The number of hydrogen-bond acceptors (Lipinski definition) is 6. The summed E-state index contributed by atoms with van der Waals surface area (Å²) < 4.78 is 5.79. The van der Waals surface area contributed by atoms with Crippen LogP contribution in [0, 0.1) is 0 Å². The van der Waals surface area contributed by atoms with Crippen LogP contribution in [0.5, 0.6) is 5.75 Å². The van der Waals surface area contributed by atoms with Gasteiger partial charge in [-0.05, 0) is 35.9 Å². The molecule has 0 spiro atoms. The van der Waals surface area contributed by atoms with E-state index in [1.807, 2.05) is 0 Å². The molecule has 10 nitrogen and oxygen atoms in total. The number of phenolic OH excluding ortho intramolecular Hbond substituents is 1. The highest BCUT2D eigenvalue weighted by Crippen LogP contribution is 2.42. The summed E-state index contributed by atoms with van der Waals surface area (Å²) in [4.78, 5) is 37.5. The smallest absolute Gasteiger partial charge is 0.340 e. The van der Waals surface area contributed by atoms with E-state index in [4.69, 9.17) is 15.3 Å². The van der Waals surface area contributed by atoms with Gasteiger partial charge in [0.25, 0.3) is 0 Å². The molecule has 172 valence electrons. The second kappa shape index (κ2) is 8.68. The monoisotopic (exact) mass is 463 g/mol. The zero-order valence-electron chi connectivity index (χ0n) is 17.5. The molecule has 0 saturated heterocycles. The lowest BCUT2D eigenvalue weighted by atomic mass is 9.90. The first-order chi connectivity index (χ1) is 16.1. The van der Waals surface area contributed by atoms with E-state index >= 15 is 0 Å². The predicted octanol–water partition coefficient (Wildman–Crippen LogP) is 1.44. The van der Waals surface area contributed by atoms with Gasteiger partial charge in [-0.1, -0.05) is 0 Å². The first-order valence-electron chi connectivity index (χ1n) is 10.0. The fourth-order valence-corrected chi connectivity index (χ4v) is 3.68. The minimum atomic E-state index is -1.33. The zero-order chi connectivity index (χ0) is 24.6. The van der Waals surface area contributed by atoms with E-state index in [0.717, 1.165) is 0 Å². The molecule has 0 saturated carbocycles. The second-order valence-electron chi connectivity index (χ2n) is 7.60. The maximum atomic E-state index is 12.2. The number of rotatable bonds is 6. The zero-order valence-corrected chi connectivity index (χ0v) is 17.5. The molecule has 1 unspecified atom stereocenters. The van der Waals surface area contributed by atoms with Crippen LogP contribution in [-0.4, -0.2) is 44.3 Å². The van der Waals surface area contributed by atoms with Gasteiger partial charge in [0.1, 0.15) is 23.1 Å². The van der Waals surface area contributed by atoms with Crippen LogP contribution in [0.1, 0.15) is 16.8 Å². The minimum absolute atomic E-state index is 0.0663. The number of carboxylic acids is 2. The van der Waals surface area contributed by atoms with E-state index in [1.54, 1.807) is 6.07 Å². The van der Waals surface area contributed by atoms with Crippen molar-refractivity contribution < 1.29 is 39.4 Å². The largest absolute Gasteiger partial charge is 0.508 e. The lowest BCUT2D eigenvalue weighted by Gasteiger charge is -2.16. The number of phenols is 1. The van der Waals surface area contributed by atoms with E-state index in [9.17, 15) is 29.7 Å². The third-order valence-corrected chi connectivity index (χ3v) is 5.22. The maximum absolute atomic E-state index is 12.2. The number of hydrogen-bond donors (Lipinski definition) is 6. The molecule has 0 radical (unpaired) electrons.